The third kappa shape index (κ3) is 4.12. The van der Waals surface area contributed by atoms with Crippen molar-refractivity contribution in [1.82, 2.24) is 4.90 Å². The fourth-order valence-electron chi connectivity index (χ4n) is 3.11. The third-order valence-electron chi connectivity index (χ3n) is 4.45. The number of methoxy groups -OCH3 is 1. The van der Waals surface area contributed by atoms with Crippen molar-refractivity contribution in [3.05, 3.63) is 33.8 Å². The molecule has 1 saturated heterocycles. The summed E-state index contributed by atoms with van der Waals surface area (Å²) in [4.78, 5) is 25.9. The Kier molecular flexibility index (Phi) is 5.81. The number of hydrogen-bond donors (Lipinski definition) is 1. The van der Waals surface area contributed by atoms with Gasteiger partial charge < -0.3 is 14.7 Å². The lowest BCUT2D eigenvalue weighted by Crippen LogP contribution is -2.52. The maximum Gasteiger partial charge on any atom is 0.313 e. The van der Waals surface area contributed by atoms with Gasteiger partial charge >= 0.3 is 5.97 Å². The summed E-state index contributed by atoms with van der Waals surface area (Å²) >= 11 is 3.41. The number of carbonyl (C=O) groups is 2. The van der Waals surface area contributed by atoms with Crippen LogP contribution in [0, 0.1) is 12.3 Å². The molecule has 1 fully saturated rings. The van der Waals surface area contributed by atoms with Gasteiger partial charge in [0.2, 0.25) is 5.91 Å². The van der Waals surface area contributed by atoms with Crippen molar-refractivity contribution >= 4 is 27.8 Å². The van der Waals surface area contributed by atoms with Crippen LogP contribution in [0.4, 0.5) is 0 Å². The average Bonchev–Trinajstić information content (AvgIpc) is 2.50. The number of ether oxygens (including phenoxy) is 1. The molecule has 0 radical (unpaired) electrons. The number of carbonyl (C=O) groups excluding carboxylic acids is 1. The molecule has 1 heterocycles. The molecule has 0 bridgehead atoms. The van der Waals surface area contributed by atoms with Gasteiger partial charge in [0.1, 0.15) is 5.41 Å². The Bertz CT molecular complexity index is 600. The number of carboxylic acids is 1. The summed E-state index contributed by atoms with van der Waals surface area (Å²) < 4.78 is 6.08. The molecule has 0 saturated carbocycles. The fourth-order valence-corrected chi connectivity index (χ4v) is 3.58. The van der Waals surface area contributed by atoms with Crippen LogP contribution in [0.3, 0.4) is 0 Å². The van der Waals surface area contributed by atoms with Crippen LogP contribution < -0.4 is 0 Å². The minimum absolute atomic E-state index is 0.0307. The van der Waals surface area contributed by atoms with Crippen LogP contribution in [0.15, 0.2) is 22.7 Å². The zero-order chi connectivity index (χ0) is 17.0. The number of piperidine rings is 1. The first-order valence-corrected chi connectivity index (χ1v) is 8.42. The third-order valence-corrected chi connectivity index (χ3v) is 4.94. The first kappa shape index (κ1) is 17.9. The molecule has 0 aliphatic carbocycles. The topological polar surface area (TPSA) is 66.8 Å². The SMILES string of the molecule is COCC1(C(=O)O)CCCN(C(=O)Cc2ccc(Br)cc2C)C1. The minimum atomic E-state index is -0.989. The molecule has 1 aliphatic rings. The van der Waals surface area contributed by atoms with Gasteiger partial charge in [0, 0.05) is 24.7 Å². The molecular formula is C17H22BrNO4. The van der Waals surface area contributed by atoms with Crippen molar-refractivity contribution in [2.24, 2.45) is 5.41 Å². The lowest BCUT2D eigenvalue weighted by atomic mass is 9.80. The van der Waals surface area contributed by atoms with E-state index in [1.54, 1.807) is 4.90 Å². The molecule has 1 amide bonds. The first-order valence-electron chi connectivity index (χ1n) is 7.63. The van der Waals surface area contributed by atoms with Crippen LogP contribution in [0.2, 0.25) is 0 Å². The summed E-state index contributed by atoms with van der Waals surface area (Å²) in [5.74, 6) is -0.923. The molecule has 23 heavy (non-hydrogen) atoms. The smallest absolute Gasteiger partial charge is 0.313 e. The van der Waals surface area contributed by atoms with Crippen LogP contribution in [0.25, 0.3) is 0 Å². The molecule has 1 N–H and O–H groups in total. The second kappa shape index (κ2) is 7.45. The van der Waals surface area contributed by atoms with E-state index in [0.717, 1.165) is 15.6 Å². The Labute approximate surface area is 144 Å². The van der Waals surface area contributed by atoms with Crippen molar-refractivity contribution in [2.45, 2.75) is 26.2 Å². The number of carboxylic acid groups (broad SMARTS) is 1. The van der Waals surface area contributed by atoms with Gasteiger partial charge in [0.25, 0.3) is 0 Å². The predicted molar refractivity (Wildman–Crippen MR) is 90.3 cm³/mol. The van der Waals surface area contributed by atoms with E-state index >= 15 is 0 Å². The van der Waals surface area contributed by atoms with Crippen molar-refractivity contribution in [1.29, 1.82) is 0 Å². The zero-order valence-electron chi connectivity index (χ0n) is 13.5. The molecule has 6 heteroatoms. The fraction of sp³-hybridized carbons (Fsp3) is 0.529. The number of benzene rings is 1. The monoisotopic (exact) mass is 383 g/mol. The molecule has 5 nitrogen and oxygen atoms in total. The number of aryl methyl sites for hydroxylation is 1. The summed E-state index contributed by atoms with van der Waals surface area (Å²) in [6.07, 6.45) is 1.51. The highest BCUT2D eigenvalue weighted by molar-refractivity contribution is 9.10. The molecule has 1 aliphatic heterocycles. The molecule has 126 valence electrons. The van der Waals surface area contributed by atoms with E-state index in [0.29, 0.717) is 25.8 Å². The number of nitrogens with zero attached hydrogens (tertiary/aromatic N) is 1. The highest BCUT2D eigenvalue weighted by Crippen LogP contribution is 2.31. The summed E-state index contributed by atoms with van der Waals surface area (Å²) in [5.41, 5.74) is 1.03. The normalized spacial score (nSPS) is 21.3. The molecule has 1 atom stereocenters. The van der Waals surface area contributed by atoms with E-state index in [9.17, 15) is 14.7 Å². The minimum Gasteiger partial charge on any atom is -0.481 e. The van der Waals surface area contributed by atoms with E-state index in [4.69, 9.17) is 4.74 Å². The van der Waals surface area contributed by atoms with Gasteiger partial charge in [-0.1, -0.05) is 22.0 Å². The Hall–Kier alpha value is -1.40. The summed E-state index contributed by atoms with van der Waals surface area (Å²) in [6, 6.07) is 5.82. The zero-order valence-corrected chi connectivity index (χ0v) is 15.1. The molecule has 1 aromatic rings. The Morgan fingerprint density at radius 2 is 2.17 bits per heavy atom. The van der Waals surface area contributed by atoms with Gasteiger partial charge in [-0.3, -0.25) is 9.59 Å². The van der Waals surface area contributed by atoms with E-state index in [-0.39, 0.29) is 19.1 Å². The van der Waals surface area contributed by atoms with Gasteiger partial charge in [-0.15, -0.1) is 0 Å². The number of hydrogen-bond acceptors (Lipinski definition) is 3. The van der Waals surface area contributed by atoms with Gasteiger partial charge in [-0.2, -0.15) is 0 Å². The van der Waals surface area contributed by atoms with Crippen LogP contribution in [-0.2, 0) is 20.7 Å². The van der Waals surface area contributed by atoms with E-state index in [1.165, 1.54) is 7.11 Å². The maximum atomic E-state index is 12.6. The average molecular weight is 384 g/mol. The molecular weight excluding hydrogens is 362 g/mol. The lowest BCUT2D eigenvalue weighted by molar-refractivity contribution is -0.159. The highest BCUT2D eigenvalue weighted by atomic mass is 79.9. The van der Waals surface area contributed by atoms with Crippen LogP contribution >= 0.6 is 15.9 Å². The lowest BCUT2D eigenvalue weighted by Gasteiger charge is -2.39. The Morgan fingerprint density at radius 3 is 2.78 bits per heavy atom. The number of aliphatic carboxylic acids is 1. The number of amides is 1. The Morgan fingerprint density at radius 1 is 1.43 bits per heavy atom. The highest BCUT2D eigenvalue weighted by Gasteiger charge is 2.43. The molecule has 1 aromatic carbocycles. The standard InChI is InChI=1S/C17H22BrNO4/c1-12-8-14(18)5-4-13(12)9-15(20)19-7-3-6-17(10-19,11-23-2)16(21)22/h4-5,8H,3,6-7,9-11H2,1-2H3,(H,21,22). The molecule has 0 aromatic heterocycles. The van der Waals surface area contributed by atoms with Gasteiger partial charge in [-0.25, -0.2) is 0 Å². The Balaban J connectivity index is 2.11. The van der Waals surface area contributed by atoms with E-state index < -0.39 is 11.4 Å². The largest absolute Gasteiger partial charge is 0.481 e. The number of likely N-dealkylation sites (tertiary alicyclic amines) is 1. The summed E-state index contributed by atoms with van der Waals surface area (Å²) in [6.45, 7) is 2.91. The van der Waals surface area contributed by atoms with Crippen LogP contribution in [-0.4, -0.2) is 48.7 Å². The van der Waals surface area contributed by atoms with Crippen molar-refractivity contribution in [3.8, 4) is 0 Å². The van der Waals surface area contributed by atoms with Gasteiger partial charge in [-0.05, 0) is 43.0 Å². The second-order valence-corrected chi connectivity index (χ2v) is 7.10. The van der Waals surface area contributed by atoms with Crippen LogP contribution in [0.5, 0.6) is 0 Å². The van der Waals surface area contributed by atoms with E-state index in [1.807, 2.05) is 25.1 Å². The second-order valence-electron chi connectivity index (χ2n) is 6.18. The molecule has 2 rings (SSSR count). The summed E-state index contributed by atoms with van der Waals surface area (Å²) in [5, 5.41) is 9.56. The van der Waals surface area contributed by atoms with Gasteiger partial charge in [0.15, 0.2) is 0 Å². The van der Waals surface area contributed by atoms with E-state index in [2.05, 4.69) is 15.9 Å². The number of halogens is 1. The van der Waals surface area contributed by atoms with Crippen molar-refractivity contribution < 1.29 is 19.4 Å². The number of rotatable bonds is 5. The predicted octanol–water partition coefficient (Wildman–Crippen LogP) is 2.64. The molecule has 0 spiro atoms. The maximum absolute atomic E-state index is 12.6. The quantitative estimate of drug-likeness (QED) is 0.848. The van der Waals surface area contributed by atoms with Crippen LogP contribution in [0.1, 0.15) is 24.0 Å². The first-order chi connectivity index (χ1) is 10.9. The van der Waals surface area contributed by atoms with Crippen molar-refractivity contribution in [2.75, 3.05) is 26.8 Å². The van der Waals surface area contributed by atoms with Crippen molar-refractivity contribution in [3.63, 3.8) is 0 Å². The molecule has 1 unspecified atom stereocenters. The summed E-state index contributed by atoms with van der Waals surface area (Å²) in [7, 11) is 1.50. The van der Waals surface area contributed by atoms with Gasteiger partial charge in [0.05, 0.1) is 13.0 Å².